The Kier molecular flexibility index (Phi) is 4.61. The fourth-order valence-corrected chi connectivity index (χ4v) is 3.86. The molecule has 3 atom stereocenters. The van der Waals surface area contributed by atoms with E-state index < -0.39 is 11.7 Å². The molecule has 1 aliphatic heterocycles. The number of hydrogen-bond donors (Lipinski definition) is 3. The normalized spacial score (nSPS) is 23.2. The van der Waals surface area contributed by atoms with E-state index in [0.29, 0.717) is 29.1 Å². The molecule has 1 aliphatic carbocycles. The molecule has 0 aromatic carbocycles. The molecule has 0 bridgehead atoms. The SMILES string of the molecule is COc1nc(C2C=C(F)C=CC2[C@@H]2Cc3nc(N)nc(C)c3C(=O)N2)cnc1N. The number of fused-ring (bicyclic) bond motifs is 1. The molecule has 0 saturated heterocycles. The van der Waals surface area contributed by atoms with Crippen molar-refractivity contribution in [3.8, 4) is 5.88 Å². The molecule has 2 unspecified atom stereocenters. The highest BCUT2D eigenvalue weighted by Crippen LogP contribution is 2.37. The van der Waals surface area contributed by atoms with Gasteiger partial charge in [0.1, 0.15) is 5.83 Å². The molecule has 2 aliphatic rings. The van der Waals surface area contributed by atoms with Crippen LogP contribution in [-0.2, 0) is 6.42 Å². The third kappa shape index (κ3) is 3.37. The third-order valence-corrected chi connectivity index (χ3v) is 5.16. The number of aromatic nitrogens is 4. The fourth-order valence-electron chi connectivity index (χ4n) is 3.86. The molecule has 2 aromatic rings. The lowest BCUT2D eigenvalue weighted by atomic mass is 9.77. The van der Waals surface area contributed by atoms with E-state index in [1.807, 2.05) is 0 Å². The molecular formula is C19H20FN7O2. The molecule has 0 radical (unpaired) electrons. The van der Waals surface area contributed by atoms with Gasteiger partial charge in [-0.2, -0.15) is 0 Å². The predicted molar refractivity (Wildman–Crippen MR) is 104 cm³/mol. The van der Waals surface area contributed by atoms with Gasteiger partial charge in [-0.3, -0.25) is 4.79 Å². The van der Waals surface area contributed by atoms with Gasteiger partial charge in [0.15, 0.2) is 5.82 Å². The molecule has 0 spiro atoms. The molecule has 29 heavy (non-hydrogen) atoms. The highest BCUT2D eigenvalue weighted by Gasteiger charge is 2.37. The molecule has 5 N–H and O–H groups in total. The maximum Gasteiger partial charge on any atom is 0.257 e. The first-order chi connectivity index (χ1) is 13.9. The Bertz CT molecular complexity index is 1050. The van der Waals surface area contributed by atoms with E-state index in [2.05, 4.69) is 25.3 Å². The van der Waals surface area contributed by atoms with Crippen molar-refractivity contribution < 1.29 is 13.9 Å². The zero-order chi connectivity index (χ0) is 20.7. The van der Waals surface area contributed by atoms with Crippen molar-refractivity contribution in [3.63, 3.8) is 0 Å². The van der Waals surface area contributed by atoms with E-state index in [0.717, 1.165) is 0 Å². The number of rotatable bonds is 3. The number of allylic oxidation sites excluding steroid dienone is 3. The number of nitrogen functional groups attached to an aromatic ring is 2. The first-order valence-electron chi connectivity index (χ1n) is 9.03. The van der Waals surface area contributed by atoms with Crippen LogP contribution in [0.3, 0.4) is 0 Å². The van der Waals surface area contributed by atoms with Gasteiger partial charge in [0, 0.05) is 24.3 Å². The van der Waals surface area contributed by atoms with Crippen LogP contribution in [-0.4, -0.2) is 39.0 Å². The van der Waals surface area contributed by atoms with Crippen LogP contribution >= 0.6 is 0 Å². The number of amides is 1. The van der Waals surface area contributed by atoms with Gasteiger partial charge in [0.2, 0.25) is 5.95 Å². The summed E-state index contributed by atoms with van der Waals surface area (Å²) in [6.45, 7) is 1.72. The first kappa shape index (κ1) is 18.8. The van der Waals surface area contributed by atoms with Gasteiger partial charge in [0.05, 0.1) is 36.0 Å². The molecule has 1 amide bonds. The summed E-state index contributed by atoms with van der Waals surface area (Å²) in [5.41, 5.74) is 13.5. The summed E-state index contributed by atoms with van der Waals surface area (Å²) in [6.07, 6.45) is 6.46. The van der Waals surface area contributed by atoms with Gasteiger partial charge in [-0.1, -0.05) is 6.08 Å². The van der Waals surface area contributed by atoms with Crippen molar-refractivity contribution in [2.75, 3.05) is 18.6 Å². The quantitative estimate of drug-likeness (QED) is 0.702. The Balaban J connectivity index is 1.71. The zero-order valence-corrected chi connectivity index (χ0v) is 15.9. The van der Waals surface area contributed by atoms with Crippen LogP contribution in [0.4, 0.5) is 16.2 Å². The molecule has 4 rings (SSSR count). The van der Waals surface area contributed by atoms with Crippen LogP contribution in [0.1, 0.15) is 33.4 Å². The zero-order valence-electron chi connectivity index (χ0n) is 15.9. The molecule has 150 valence electrons. The van der Waals surface area contributed by atoms with Crippen LogP contribution < -0.4 is 21.5 Å². The standard InChI is InChI=1S/C19H20FN7O2/c1-8-15-13(27-19(22)24-8)6-12(25-17(15)28)10-4-3-9(20)5-11(10)14-7-23-16(21)18(26-14)29-2/h3-5,7,10-12H,6H2,1-2H3,(H2,21,23)(H,25,28)(H2,22,24,27)/t10?,11?,12-/m0/s1. The second-order valence-electron chi connectivity index (χ2n) is 6.98. The number of carbonyl (C=O) groups excluding carboxylic acids is 1. The summed E-state index contributed by atoms with van der Waals surface area (Å²) in [5.74, 6) is -1.01. The highest BCUT2D eigenvalue weighted by atomic mass is 19.1. The summed E-state index contributed by atoms with van der Waals surface area (Å²) >= 11 is 0. The van der Waals surface area contributed by atoms with Crippen LogP contribution in [0.5, 0.6) is 5.88 Å². The van der Waals surface area contributed by atoms with Crippen molar-refractivity contribution in [1.29, 1.82) is 0 Å². The molecule has 10 heteroatoms. The van der Waals surface area contributed by atoms with Crippen LogP contribution in [0.15, 0.2) is 30.3 Å². The largest absolute Gasteiger partial charge is 0.478 e. The Morgan fingerprint density at radius 2 is 2.07 bits per heavy atom. The number of hydrogen-bond acceptors (Lipinski definition) is 8. The summed E-state index contributed by atoms with van der Waals surface area (Å²) in [7, 11) is 1.43. The van der Waals surface area contributed by atoms with Gasteiger partial charge in [-0.05, 0) is 19.1 Å². The fraction of sp³-hybridized carbons (Fsp3) is 0.316. The third-order valence-electron chi connectivity index (χ3n) is 5.16. The number of carbonyl (C=O) groups is 1. The van der Waals surface area contributed by atoms with Crippen molar-refractivity contribution in [2.45, 2.75) is 25.3 Å². The van der Waals surface area contributed by atoms with Crippen molar-refractivity contribution in [2.24, 2.45) is 5.92 Å². The second kappa shape index (κ2) is 7.12. The minimum Gasteiger partial charge on any atom is -0.478 e. The molecular weight excluding hydrogens is 377 g/mol. The number of aryl methyl sites for hydroxylation is 1. The lowest BCUT2D eigenvalue weighted by molar-refractivity contribution is 0.0908. The lowest BCUT2D eigenvalue weighted by Crippen LogP contribution is -2.48. The number of nitrogens with one attached hydrogen (secondary N) is 1. The number of anilines is 2. The predicted octanol–water partition coefficient (Wildman–Crippen LogP) is 1.23. The lowest BCUT2D eigenvalue weighted by Gasteiger charge is -2.35. The number of nitrogens with two attached hydrogens (primary N) is 2. The van der Waals surface area contributed by atoms with E-state index in [4.69, 9.17) is 16.2 Å². The van der Waals surface area contributed by atoms with Crippen molar-refractivity contribution in [1.82, 2.24) is 25.3 Å². The topological polar surface area (TPSA) is 142 Å². The number of ether oxygens (including phenoxy) is 1. The smallest absolute Gasteiger partial charge is 0.257 e. The van der Waals surface area contributed by atoms with Gasteiger partial charge in [-0.25, -0.2) is 24.3 Å². The Labute approximate surface area is 166 Å². The number of halogens is 1. The van der Waals surface area contributed by atoms with Gasteiger partial charge in [0.25, 0.3) is 11.8 Å². The van der Waals surface area contributed by atoms with E-state index >= 15 is 0 Å². The van der Waals surface area contributed by atoms with Gasteiger partial charge >= 0.3 is 0 Å². The Hall–Kier alpha value is -3.56. The minimum atomic E-state index is -0.478. The Morgan fingerprint density at radius 3 is 2.83 bits per heavy atom. The summed E-state index contributed by atoms with van der Waals surface area (Å²) in [6, 6.07) is -0.348. The van der Waals surface area contributed by atoms with E-state index in [1.54, 1.807) is 13.0 Å². The number of methoxy groups -OCH3 is 1. The maximum absolute atomic E-state index is 14.1. The van der Waals surface area contributed by atoms with Crippen molar-refractivity contribution in [3.05, 3.63) is 52.9 Å². The minimum absolute atomic E-state index is 0.116. The maximum atomic E-state index is 14.1. The van der Waals surface area contributed by atoms with Crippen LogP contribution in [0.2, 0.25) is 0 Å². The van der Waals surface area contributed by atoms with E-state index in [1.165, 1.54) is 25.5 Å². The second-order valence-corrected chi connectivity index (χ2v) is 6.98. The van der Waals surface area contributed by atoms with Crippen molar-refractivity contribution >= 4 is 17.7 Å². The molecule has 0 fully saturated rings. The van der Waals surface area contributed by atoms with Gasteiger partial charge < -0.3 is 21.5 Å². The average molecular weight is 397 g/mol. The molecule has 0 saturated carbocycles. The van der Waals surface area contributed by atoms with Crippen LogP contribution in [0.25, 0.3) is 0 Å². The summed E-state index contributed by atoms with van der Waals surface area (Å²) < 4.78 is 19.2. The highest BCUT2D eigenvalue weighted by molar-refractivity contribution is 5.97. The van der Waals surface area contributed by atoms with E-state index in [-0.39, 0.29) is 35.5 Å². The summed E-state index contributed by atoms with van der Waals surface area (Å²) in [5, 5.41) is 2.99. The first-order valence-corrected chi connectivity index (χ1v) is 9.03. The molecule has 2 aromatic heterocycles. The van der Waals surface area contributed by atoms with E-state index in [9.17, 15) is 9.18 Å². The Morgan fingerprint density at radius 1 is 1.28 bits per heavy atom. The summed E-state index contributed by atoms with van der Waals surface area (Å²) in [4.78, 5) is 29.5. The number of nitrogens with zero attached hydrogens (tertiary/aromatic N) is 4. The molecule has 3 heterocycles. The van der Waals surface area contributed by atoms with Gasteiger partial charge in [-0.15, -0.1) is 0 Å². The molecule has 9 nitrogen and oxygen atoms in total. The average Bonchev–Trinajstić information content (AvgIpc) is 2.67. The monoisotopic (exact) mass is 397 g/mol. The van der Waals surface area contributed by atoms with Crippen LogP contribution in [0, 0.1) is 12.8 Å².